The van der Waals surface area contributed by atoms with Crippen LogP contribution in [0.5, 0.6) is 11.6 Å². The molecule has 0 aliphatic carbocycles. The smallest absolute Gasteiger partial charge is 0.417 e. The normalized spacial score (nSPS) is 12.6. The standard InChI is InChI=1S/C19H16F3N3O3/c1-11(26)9-24-18(27)16-5-2-12-8-14(4-6-15(12)25-16)28-17-7-3-13(10-23-17)19(20,21)22/h2-8,10-11,26H,9H2,1H3,(H,24,27). The number of amides is 1. The molecule has 0 saturated heterocycles. The van der Waals surface area contributed by atoms with Gasteiger partial charge in [0, 0.05) is 24.2 Å². The molecule has 9 heteroatoms. The molecule has 28 heavy (non-hydrogen) atoms. The number of hydrogen-bond donors (Lipinski definition) is 2. The third-order valence-electron chi connectivity index (χ3n) is 3.74. The zero-order chi connectivity index (χ0) is 20.3. The molecule has 3 rings (SSSR count). The molecule has 146 valence electrons. The van der Waals surface area contributed by atoms with Crippen molar-refractivity contribution in [3.05, 3.63) is 59.9 Å². The van der Waals surface area contributed by atoms with Crippen LogP contribution < -0.4 is 10.1 Å². The average Bonchev–Trinajstić information content (AvgIpc) is 2.65. The number of aromatic nitrogens is 2. The van der Waals surface area contributed by atoms with Gasteiger partial charge in [0.2, 0.25) is 5.88 Å². The van der Waals surface area contributed by atoms with Crippen molar-refractivity contribution in [2.75, 3.05) is 6.54 Å². The number of benzene rings is 1. The first-order valence-electron chi connectivity index (χ1n) is 8.30. The molecule has 0 aliphatic rings. The van der Waals surface area contributed by atoms with E-state index >= 15 is 0 Å². The molecule has 0 bridgehead atoms. The molecule has 2 heterocycles. The highest BCUT2D eigenvalue weighted by Gasteiger charge is 2.30. The Labute approximate surface area is 158 Å². The lowest BCUT2D eigenvalue weighted by Crippen LogP contribution is -2.31. The number of rotatable bonds is 5. The number of alkyl halides is 3. The highest BCUT2D eigenvalue weighted by atomic mass is 19.4. The maximum atomic E-state index is 12.6. The molecule has 0 aliphatic heterocycles. The Morgan fingerprint density at radius 3 is 2.64 bits per heavy atom. The van der Waals surface area contributed by atoms with Gasteiger partial charge in [-0.15, -0.1) is 0 Å². The summed E-state index contributed by atoms with van der Waals surface area (Å²) in [6.07, 6.45) is -4.42. The summed E-state index contributed by atoms with van der Waals surface area (Å²) in [5.74, 6) is -0.0145. The lowest BCUT2D eigenvalue weighted by molar-refractivity contribution is -0.137. The van der Waals surface area contributed by atoms with Gasteiger partial charge in [-0.3, -0.25) is 4.79 Å². The number of aliphatic hydroxyl groups is 1. The number of hydrogen-bond acceptors (Lipinski definition) is 5. The minimum absolute atomic E-state index is 0.0226. The van der Waals surface area contributed by atoms with Crippen molar-refractivity contribution in [2.24, 2.45) is 0 Å². The molecule has 3 aromatic rings. The molecule has 0 spiro atoms. The second-order valence-electron chi connectivity index (χ2n) is 6.09. The van der Waals surface area contributed by atoms with Gasteiger partial charge in [0.1, 0.15) is 11.4 Å². The van der Waals surface area contributed by atoms with Crippen LogP contribution in [0.3, 0.4) is 0 Å². The molecule has 0 saturated carbocycles. The maximum Gasteiger partial charge on any atom is 0.417 e. The summed E-state index contributed by atoms with van der Waals surface area (Å²) < 4.78 is 43.2. The van der Waals surface area contributed by atoms with Crippen molar-refractivity contribution < 1.29 is 27.8 Å². The number of aliphatic hydroxyl groups excluding tert-OH is 1. The third kappa shape index (κ3) is 4.74. The van der Waals surface area contributed by atoms with Gasteiger partial charge in [0.15, 0.2) is 0 Å². The number of ether oxygens (including phenoxy) is 1. The zero-order valence-corrected chi connectivity index (χ0v) is 14.7. The molecular formula is C19H16F3N3O3. The van der Waals surface area contributed by atoms with E-state index in [1.54, 1.807) is 31.2 Å². The van der Waals surface area contributed by atoms with Gasteiger partial charge < -0.3 is 15.2 Å². The largest absolute Gasteiger partial charge is 0.439 e. The average molecular weight is 391 g/mol. The molecule has 6 nitrogen and oxygen atoms in total. The Morgan fingerprint density at radius 1 is 1.21 bits per heavy atom. The summed E-state index contributed by atoms with van der Waals surface area (Å²) in [5, 5.41) is 12.5. The summed E-state index contributed by atoms with van der Waals surface area (Å²) in [6, 6.07) is 10.1. The number of nitrogens with zero attached hydrogens (tertiary/aromatic N) is 2. The Balaban J connectivity index is 1.75. The molecule has 1 unspecified atom stereocenters. The first-order chi connectivity index (χ1) is 13.2. The lowest BCUT2D eigenvalue weighted by atomic mass is 10.2. The van der Waals surface area contributed by atoms with Gasteiger partial charge >= 0.3 is 6.18 Å². The minimum Gasteiger partial charge on any atom is -0.439 e. The second kappa shape index (κ2) is 7.81. The van der Waals surface area contributed by atoms with E-state index in [0.717, 1.165) is 12.1 Å². The quantitative estimate of drug-likeness (QED) is 0.695. The first-order valence-corrected chi connectivity index (χ1v) is 8.30. The van der Waals surface area contributed by atoms with Crippen LogP contribution in [0.15, 0.2) is 48.7 Å². The fraction of sp³-hybridized carbons (Fsp3) is 0.211. The van der Waals surface area contributed by atoms with E-state index in [1.165, 1.54) is 6.07 Å². The van der Waals surface area contributed by atoms with Crippen molar-refractivity contribution >= 4 is 16.8 Å². The van der Waals surface area contributed by atoms with Crippen LogP contribution in [0.1, 0.15) is 23.0 Å². The highest BCUT2D eigenvalue weighted by molar-refractivity contribution is 5.95. The number of carbonyl (C=O) groups is 1. The van der Waals surface area contributed by atoms with Crippen molar-refractivity contribution in [1.29, 1.82) is 0 Å². The summed E-state index contributed by atoms with van der Waals surface area (Å²) in [5.41, 5.74) is -0.118. The van der Waals surface area contributed by atoms with Crippen LogP contribution in [-0.4, -0.2) is 33.6 Å². The number of halogens is 3. The molecule has 2 N–H and O–H groups in total. The van der Waals surface area contributed by atoms with E-state index in [1.807, 2.05) is 0 Å². The van der Waals surface area contributed by atoms with E-state index in [9.17, 15) is 23.1 Å². The number of fused-ring (bicyclic) bond motifs is 1. The van der Waals surface area contributed by atoms with E-state index < -0.39 is 23.8 Å². The number of pyridine rings is 2. The third-order valence-corrected chi connectivity index (χ3v) is 3.74. The van der Waals surface area contributed by atoms with Crippen LogP contribution in [0.4, 0.5) is 13.2 Å². The van der Waals surface area contributed by atoms with E-state index in [2.05, 4.69) is 15.3 Å². The molecule has 0 radical (unpaired) electrons. The zero-order valence-electron chi connectivity index (χ0n) is 14.7. The molecule has 0 fully saturated rings. The highest BCUT2D eigenvalue weighted by Crippen LogP contribution is 2.30. The van der Waals surface area contributed by atoms with Crippen molar-refractivity contribution in [2.45, 2.75) is 19.2 Å². The lowest BCUT2D eigenvalue weighted by Gasteiger charge is -2.09. The summed E-state index contributed by atoms with van der Waals surface area (Å²) in [6.45, 7) is 1.67. The summed E-state index contributed by atoms with van der Waals surface area (Å²) >= 11 is 0. The summed E-state index contributed by atoms with van der Waals surface area (Å²) in [7, 11) is 0. The van der Waals surface area contributed by atoms with Gasteiger partial charge in [-0.1, -0.05) is 6.07 Å². The van der Waals surface area contributed by atoms with Crippen LogP contribution in [0, 0.1) is 0 Å². The number of nitrogens with one attached hydrogen (secondary N) is 1. The van der Waals surface area contributed by atoms with E-state index in [0.29, 0.717) is 22.8 Å². The van der Waals surface area contributed by atoms with Crippen LogP contribution >= 0.6 is 0 Å². The van der Waals surface area contributed by atoms with Gasteiger partial charge in [0.05, 0.1) is 17.2 Å². The monoisotopic (exact) mass is 391 g/mol. The van der Waals surface area contributed by atoms with Crippen LogP contribution in [0.25, 0.3) is 10.9 Å². The predicted octanol–water partition coefficient (Wildman–Crippen LogP) is 3.55. The predicted molar refractivity (Wildman–Crippen MR) is 95.1 cm³/mol. The van der Waals surface area contributed by atoms with Crippen LogP contribution in [0.2, 0.25) is 0 Å². The fourth-order valence-corrected chi connectivity index (χ4v) is 2.35. The topological polar surface area (TPSA) is 84.3 Å². The van der Waals surface area contributed by atoms with Crippen molar-refractivity contribution in [3.63, 3.8) is 0 Å². The molecule has 2 aromatic heterocycles. The van der Waals surface area contributed by atoms with E-state index in [4.69, 9.17) is 4.74 Å². The minimum atomic E-state index is -4.46. The fourth-order valence-electron chi connectivity index (χ4n) is 2.35. The molecule has 1 aromatic carbocycles. The van der Waals surface area contributed by atoms with Gasteiger partial charge in [-0.05, 0) is 37.3 Å². The van der Waals surface area contributed by atoms with Crippen LogP contribution in [-0.2, 0) is 6.18 Å². The summed E-state index contributed by atoms with van der Waals surface area (Å²) in [4.78, 5) is 19.9. The van der Waals surface area contributed by atoms with Gasteiger partial charge in [-0.25, -0.2) is 9.97 Å². The maximum absolute atomic E-state index is 12.6. The van der Waals surface area contributed by atoms with Gasteiger partial charge in [-0.2, -0.15) is 13.2 Å². The Hall–Kier alpha value is -3.20. The SMILES string of the molecule is CC(O)CNC(=O)c1ccc2cc(Oc3ccc(C(F)(F)F)cn3)ccc2n1. The Bertz CT molecular complexity index is 989. The van der Waals surface area contributed by atoms with Gasteiger partial charge in [0.25, 0.3) is 5.91 Å². The van der Waals surface area contributed by atoms with E-state index in [-0.39, 0.29) is 18.1 Å². The Morgan fingerprint density at radius 2 is 2.00 bits per heavy atom. The molecule has 1 atom stereocenters. The first kappa shape index (κ1) is 19.6. The Kier molecular flexibility index (Phi) is 5.46. The second-order valence-corrected chi connectivity index (χ2v) is 6.09. The van der Waals surface area contributed by atoms with Crippen molar-refractivity contribution in [3.8, 4) is 11.6 Å². The number of carbonyl (C=O) groups excluding carboxylic acids is 1. The van der Waals surface area contributed by atoms with Crippen molar-refractivity contribution in [1.82, 2.24) is 15.3 Å². The molecule has 1 amide bonds. The molecular weight excluding hydrogens is 375 g/mol.